The maximum absolute atomic E-state index is 13.7. The minimum absolute atomic E-state index is 0.0390. The molecule has 0 aliphatic carbocycles. The van der Waals surface area contributed by atoms with Gasteiger partial charge in [-0.15, -0.1) is 0 Å². The van der Waals surface area contributed by atoms with Gasteiger partial charge in [-0.25, -0.2) is 22.9 Å². The van der Waals surface area contributed by atoms with E-state index in [1.807, 2.05) is 0 Å². The van der Waals surface area contributed by atoms with Crippen molar-refractivity contribution in [2.24, 2.45) is 5.14 Å². The van der Waals surface area contributed by atoms with E-state index in [0.29, 0.717) is 28.2 Å². The van der Waals surface area contributed by atoms with E-state index in [1.165, 1.54) is 30.3 Å². The molecular formula is C15H10FN3O4S2. The summed E-state index contributed by atoms with van der Waals surface area (Å²) in [5, 5.41) is 14.8. The van der Waals surface area contributed by atoms with E-state index in [4.69, 9.17) is 5.14 Å². The number of nitrogens with two attached hydrogens (primary N) is 1. The van der Waals surface area contributed by atoms with Crippen molar-refractivity contribution in [2.45, 2.75) is 4.90 Å². The Morgan fingerprint density at radius 3 is 2.44 bits per heavy atom. The molecule has 3 rings (SSSR count). The van der Waals surface area contributed by atoms with Crippen LogP contribution in [0.2, 0.25) is 0 Å². The minimum Gasteiger partial charge on any atom is -0.504 e. The van der Waals surface area contributed by atoms with Crippen LogP contribution in [0.5, 0.6) is 5.75 Å². The Kier molecular flexibility index (Phi) is 4.33. The second-order valence-electron chi connectivity index (χ2n) is 5.01. The number of hydrogen-bond acceptors (Lipinski definition) is 7. The number of aromatic nitrogens is 2. The minimum atomic E-state index is -3.79. The van der Waals surface area contributed by atoms with E-state index >= 15 is 0 Å². The maximum atomic E-state index is 13.7. The van der Waals surface area contributed by atoms with Crippen molar-refractivity contribution >= 4 is 27.8 Å². The second-order valence-corrected chi connectivity index (χ2v) is 7.32. The normalized spacial score (nSPS) is 11.4. The van der Waals surface area contributed by atoms with Gasteiger partial charge >= 0.3 is 0 Å². The van der Waals surface area contributed by atoms with Crippen molar-refractivity contribution in [3.05, 3.63) is 47.8 Å². The molecule has 0 atom stereocenters. The summed E-state index contributed by atoms with van der Waals surface area (Å²) in [4.78, 5) is 15.1. The zero-order chi connectivity index (χ0) is 18.2. The van der Waals surface area contributed by atoms with E-state index in [1.54, 1.807) is 0 Å². The molecule has 0 saturated carbocycles. The molecule has 0 fully saturated rings. The number of sulfonamides is 1. The van der Waals surface area contributed by atoms with Crippen LogP contribution in [-0.4, -0.2) is 29.2 Å². The van der Waals surface area contributed by atoms with Crippen LogP contribution >= 0.6 is 11.5 Å². The highest BCUT2D eigenvalue weighted by Crippen LogP contribution is 2.31. The average Bonchev–Trinajstić information content (AvgIpc) is 3.06. The van der Waals surface area contributed by atoms with Gasteiger partial charge in [0, 0.05) is 11.1 Å². The van der Waals surface area contributed by atoms with Crippen molar-refractivity contribution in [2.75, 3.05) is 0 Å². The van der Waals surface area contributed by atoms with E-state index in [9.17, 15) is 22.7 Å². The molecule has 3 N–H and O–H groups in total. The molecule has 0 radical (unpaired) electrons. The van der Waals surface area contributed by atoms with Gasteiger partial charge in [-0.3, -0.25) is 4.79 Å². The number of primary sulfonamides is 1. The number of phenolic OH excluding ortho intramolecular Hbond substituents is 1. The number of aromatic hydroxyl groups is 1. The third-order valence-corrected chi connectivity index (χ3v) is 5.03. The van der Waals surface area contributed by atoms with Gasteiger partial charge in [-0.2, -0.15) is 4.37 Å². The first-order valence-corrected chi connectivity index (χ1v) is 9.06. The summed E-state index contributed by atoms with van der Waals surface area (Å²) in [5.74, 6) is -1.35. The third-order valence-electron chi connectivity index (χ3n) is 3.33. The fraction of sp³-hybridized carbons (Fsp3) is 0. The van der Waals surface area contributed by atoms with Gasteiger partial charge in [0.2, 0.25) is 10.0 Å². The number of hydrogen-bond donors (Lipinski definition) is 2. The molecule has 7 nitrogen and oxygen atoms in total. The molecule has 2 aromatic carbocycles. The maximum Gasteiger partial charge on any atom is 0.238 e. The van der Waals surface area contributed by atoms with Gasteiger partial charge in [0.1, 0.15) is 5.01 Å². The van der Waals surface area contributed by atoms with Gasteiger partial charge in [0.25, 0.3) is 0 Å². The highest BCUT2D eigenvalue weighted by atomic mass is 32.2. The average molecular weight is 379 g/mol. The second kappa shape index (κ2) is 6.31. The van der Waals surface area contributed by atoms with Gasteiger partial charge in [-0.1, -0.05) is 0 Å². The van der Waals surface area contributed by atoms with Gasteiger partial charge in [0.05, 0.1) is 10.5 Å². The largest absolute Gasteiger partial charge is 0.504 e. The number of carbonyl (C=O) groups excluding carboxylic acids is 1. The van der Waals surface area contributed by atoms with Crippen molar-refractivity contribution in [3.8, 4) is 27.7 Å². The van der Waals surface area contributed by atoms with Crippen LogP contribution in [0.1, 0.15) is 10.4 Å². The predicted molar refractivity (Wildman–Crippen MR) is 89.2 cm³/mol. The van der Waals surface area contributed by atoms with E-state index in [2.05, 4.69) is 9.36 Å². The number of nitrogens with zero attached hydrogens (tertiary/aromatic N) is 2. The molecule has 10 heteroatoms. The number of carbonyl (C=O) groups is 1. The zero-order valence-corrected chi connectivity index (χ0v) is 14.0. The highest BCUT2D eigenvalue weighted by molar-refractivity contribution is 7.89. The summed E-state index contributed by atoms with van der Waals surface area (Å²) < 4.78 is 40.3. The SMILES string of the molecule is NS(=O)(=O)c1ccc(-c2nsc(-c3cc(F)c(O)c(C=O)c3)n2)cc1. The van der Waals surface area contributed by atoms with Crippen LogP contribution in [0, 0.1) is 5.82 Å². The lowest BCUT2D eigenvalue weighted by Crippen LogP contribution is -2.11. The molecule has 1 heterocycles. The first kappa shape index (κ1) is 17.1. The first-order chi connectivity index (χ1) is 11.8. The number of benzene rings is 2. The molecule has 3 aromatic rings. The van der Waals surface area contributed by atoms with Crippen molar-refractivity contribution < 1.29 is 22.7 Å². The monoisotopic (exact) mass is 379 g/mol. The third kappa shape index (κ3) is 3.40. The van der Waals surface area contributed by atoms with Crippen LogP contribution in [0.3, 0.4) is 0 Å². The number of phenols is 1. The Balaban J connectivity index is 1.98. The van der Waals surface area contributed by atoms with Crippen molar-refractivity contribution in [1.82, 2.24) is 9.36 Å². The van der Waals surface area contributed by atoms with Gasteiger partial charge in [0.15, 0.2) is 23.7 Å². The molecule has 0 aliphatic rings. The molecule has 0 amide bonds. The molecular weight excluding hydrogens is 369 g/mol. The molecule has 1 aromatic heterocycles. The van der Waals surface area contributed by atoms with Crippen LogP contribution < -0.4 is 5.14 Å². The first-order valence-electron chi connectivity index (χ1n) is 6.74. The molecule has 0 saturated heterocycles. The molecule has 128 valence electrons. The lowest BCUT2D eigenvalue weighted by atomic mass is 10.1. The molecule has 0 bridgehead atoms. The zero-order valence-electron chi connectivity index (χ0n) is 12.4. The molecule has 0 unspecified atom stereocenters. The van der Waals surface area contributed by atoms with E-state index in [0.717, 1.165) is 17.6 Å². The van der Waals surface area contributed by atoms with Gasteiger partial charge in [-0.05, 0) is 47.9 Å². The molecule has 0 spiro atoms. The smallest absolute Gasteiger partial charge is 0.238 e. The Bertz CT molecular complexity index is 1060. The Morgan fingerprint density at radius 2 is 1.84 bits per heavy atom. The quantitative estimate of drug-likeness (QED) is 0.670. The number of aldehydes is 1. The highest BCUT2D eigenvalue weighted by Gasteiger charge is 2.15. The summed E-state index contributed by atoms with van der Waals surface area (Å²) in [5.41, 5.74) is 0.649. The Hall–Kier alpha value is -2.69. The number of rotatable bonds is 4. The van der Waals surface area contributed by atoms with Crippen LogP contribution in [0.15, 0.2) is 41.3 Å². The fourth-order valence-electron chi connectivity index (χ4n) is 2.09. The van der Waals surface area contributed by atoms with Crippen molar-refractivity contribution in [1.29, 1.82) is 0 Å². The standard InChI is InChI=1S/C15H10FN3O4S2/c16-12-6-9(5-10(7-20)13(12)21)15-18-14(19-24-15)8-1-3-11(4-2-8)25(17,22)23/h1-7,21H,(H2,17,22,23). The summed E-state index contributed by atoms with van der Waals surface area (Å²) in [7, 11) is -3.79. The van der Waals surface area contributed by atoms with E-state index < -0.39 is 21.6 Å². The summed E-state index contributed by atoms with van der Waals surface area (Å²) >= 11 is 0.973. The van der Waals surface area contributed by atoms with Crippen molar-refractivity contribution in [3.63, 3.8) is 0 Å². The molecule has 25 heavy (non-hydrogen) atoms. The lowest BCUT2D eigenvalue weighted by Gasteiger charge is -2.02. The Labute approximate surface area is 145 Å². The van der Waals surface area contributed by atoms with Crippen LogP contribution in [-0.2, 0) is 10.0 Å². The Morgan fingerprint density at radius 1 is 1.16 bits per heavy atom. The summed E-state index contributed by atoms with van der Waals surface area (Å²) in [6, 6.07) is 8.02. The fourth-order valence-corrected chi connectivity index (χ4v) is 3.27. The summed E-state index contributed by atoms with van der Waals surface area (Å²) in [6.45, 7) is 0. The van der Waals surface area contributed by atoms with Crippen LogP contribution in [0.4, 0.5) is 4.39 Å². The summed E-state index contributed by atoms with van der Waals surface area (Å²) in [6.07, 6.45) is 0.343. The predicted octanol–water partition coefficient (Wildman–Crippen LogP) is 2.18. The lowest BCUT2D eigenvalue weighted by molar-refractivity contribution is 0.112. The molecule has 0 aliphatic heterocycles. The van der Waals surface area contributed by atoms with Crippen LogP contribution in [0.25, 0.3) is 22.0 Å². The van der Waals surface area contributed by atoms with Gasteiger partial charge < -0.3 is 5.11 Å². The van der Waals surface area contributed by atoms with E-state index in [-0.39, 0.29) is 10.5 Å². The number of halogens is 1. The topological polar surface area (TPSA) is 123 Å².